The van der Waals surface area contributed by atoms with E-state index >= 15 is 0 Å². The van der Waals surface area contributed by atoms with Crippen LogP contribution < -0.4 is 25.7 Å². The summed E-state index contributed by atoms with van der Waals surface area (Å²) in [6.45, 7) is 27.1. The van der Waals surface area contributed by atoms with Gasteiger partial charge in [-0.3, -0.25) is 0 Å². The highest BCUT2D eigenvalue weighted by atomic mass is 32.1. The molecule has 418 valence electrons. The Labute approximate surface area is 503 Å². The average Bonchev–Trinajstić information content (AvgIpc) is 1.84. The normalized spacial score (nSPS) is 13.6. The first kappa shape index (κ1) is 53.0. The topological polar surface area (TPSA) is 36.0 Å². The van der Waals surface area contributed by atoms with E-state index in [1.54, 1.807) is 0 Å². The summed E-state index contributed by atoms with van der Waals surface area (Å²) in [5, 5.41) is 5.65. The molecule has 0 spiro atoms. The van der Waals surface area contributed by atoms with Gasteiger partial charge in [-0.15, -0.1) is 11.3 Å². The number of nitrogens with zero attached hydrogens (tertiary/aromatic N) is 3. The molecule has 0 saturated heterocycles. The molecule has 5 heterocycles. The quantitative estimate of drug-likeness (QED) is 0.155. The van der Waals surface area contributed by atoms with Crippen LogP contribution in [0.1, 0.15) is 105 Å². The zero-order valence-electron chi connectivity index (χ0n) is 50.8. The molecular formula is C78H70BN3O2S. The van der Waals surface area contributed by atoms with Gasteiger partial charge in [0.05, 0.1) is 5.69 Å². The summed E-state index contributed by atoms with van der Waals surface area (Å²) in [7, 11) is 0. The SMILES string of the molecule is CC(C)(C)c1ccc(N2B3c4oc5ccc(-c6ccccc6)cc5c4N(c4ccc(C(C)(C)C)cc4)c4cc5c(oc6ccccc65)c(c43)-c3cc4c(cc32)sc2ccc(N(c3ccc(C(C)(C)C)cc3)c3ccc(C(C)(C)C)cc3)cc24)cc1. The monoisotopic (exact) mass is 1120 g/mol. The summed E-state index contributed by atoms with van der Waals surface area (Å²) in [6.07, 6.45) is 0. The third-order valence-electron chi connectivity index (χ3n) is 18.1. The summed E-state index contributed by atoms with van der Waals surface area (Å²) in [5.41, 5.74) is 23.1. The highest BCUT2D eigenvalue weighted by molar-refractivity contribution is 7.25. The lowest BCUT2D eigenvalue weighted by molar-refractivity contribution is 0.590. The molecule has 0 aliphatic carbocycles. The average molecular weight is 1120 g/mol. The molecular weight excluding hydrogens is 1050 g/mol. The lowest BCUT2D eigenvalue weighted by Crippen LogP contribution is -2.61. The van der Waals surface area contributed by atoms with Crippen LogP contribution in [0, 0.1) is 0 Å². The number of benzene rings is 10. The fourth-order valence-corrected chi connectivity index (χ4v) is 14.5. The predicted octanol–water partition coefficient (Wildman–Crippen LogP) is 21.7. The van der Waals surface area contributed by atoms with Crippen LogP contribution in [0.2, 0.25) is 0 Å². The molecule has 7 heteroatoms. The molecule has 2 aliphatic heterocycles. The highest BCUT2D eigenvalue weighted by Crippen LogP contribution is 2.55. The van der Waals surface area contributed by atoms with Gasteiger partial charge in [-0.05, 0) is 164 Å². The second-order valence-corrected chi connectivity index (χ2v) is 28.9. The number of para-hydroxylation sites is 1. The Balaban J connectivity index is 1.03. The van der Waals surface area contributed by atoms with E-state index in [9.17, 15) is 0 Å². The molecule has 0 bridgehead atoms. The Kier molecular flexibility index (Phi) is 11.8. The van der Waals surface area contributed by atoms with E-state index in [1.807, 2.05) is 11.3 Å². The molecule has 2 aliphatic rings. The van der Waals surface area contributed by atoms with Gasteiger partial charge in [-0.25, -0.2) is 0 Å². The van der Waals surface area contributed by atoms with E-state index in [0.717, 1.165) is 112 Å². The number of fused-ring (bicyclic) bond motifs is 13. The summed E-state index contributed by atoms with van der Waals surface area (Å²) >= 11 is 1.86. The highest BCUT2D eigenvalue weighted by Gasteiger charge is 2.50. The van der Waals surface area contributed by atoms with E-state index in [0.29, 0.717) is 0 Å². The minimum absolute atomic E-state index is 0.0275. The first-order chi connectivity index (χ1) is 40.7. The van der Waals surface area contributed by atoms with Crippen LogP contribution in [-0.2, 0) is 21.7 Å². The van der Waals surface area contributed by atoms with Crippen LogP contribution in [0.4, 0.5) is 45.5 Å². The van der Waals surface area contributed by atoms with Crippen molar-refractivity contribution in [2.75, 3.05) is 14.6 Å². The molecule has 0 unspecified atom stereocenters. The fraction of sp³-hybridized carbons (Fsp3) is 0.205. The Morgan fingerprint density at radius 3 is 1.55 bits per heavy atom. The van der Waals surface area contributed by atoms with Gasteiger partial charge in [0, 0.05) is 87.3 Å². The smallest absolute Gasteiger partial charge is 0.376 e. The second-order valence-electron chi connectivity index (χ2n) is 27.8. The largest absolute Gasteiger partial charge is 0.466 e. The summed E-state index contributed by atoms with van der Waals surface area (Å²) in [6, 6.07) is 77.4. The lowest BCUT2D eigenvalue weighted by atomic mass is 9.45. The van der Waals surface area contributed by atoms with Crippen LogP contribution >= 0.6 is 11.3 Å². The number of rotatable bonds is 6. The molecule has 3 aromatic heterocycles. The molecule has 15 rings (SSSR count). The summed E-state index contributed by atoms with van der Waals surface area (Å²) in [5.74, 6) is 0. The Morgan fingerprint density at radius 2 is 0.941 bits per heavy atom. The predicted molar refractivity (Wildman–Crippen MR) is 365 cm³/mol. The molecule has 10 aromatic carbocycles. The second kappa shape index (κ2) is 18.9. The lowest BCUT2D eigenvalue weighted by Gasteiger charge is -2.44. The van der Waals surface area contributed by atoms with Crippen LogP contribution in [0.5, 0.6) is 0 Å². The minimum atomic E-state index is -0.385. The van der Waals surface area contributed by atoms with E-state index in [-0.39, 0.29) is 28.5 Å². The van der Waals surface area contributed by atoms with E-state index in [2.05, 4.69) is 304 Å². The van der Waals surface area contributed by atoms with Gasteiger partial charge in [0.1, 0.15) is 22.4 Å². The Bertz CT molecular complexity index is 4730. The van der Waals surface area contributed by atoms with Gasteiger partial charge in [-0.2, -0.15) is 0 Å². The molecule has 85 heavy (non-hydrogen) atoms. The molecule has 0 radical (unpaired) electrons. The Hall–Kier alpha value is -8.78. The number of thiophene rings is 1. The zero-order valence-corrected chi connectivity index (χ0v) is 51.6. The van der Waals surface area contributed by atoms with Crippen molar-refractivity contribution in [2.24, 2.45) is 0 Å². The van der Waals surface area contributed by atoms with Gasteiger partial charge in [0.2, 0.25) is 0 Å². The van der Waals surface area contributed by atoms with Gasteiger partial charge in [0.15, 0.2) is 0 Å². The molecule has 5 nitrogen and oxygen atoms in total. The maximum atomic E-state index is 7.55. The molecule has 0 saturated carbocycles. The summed E-state index contributed by atoms with van der Waals surface area (Å²) in [4.78, 5) is 7.52. The van der Waals surface area contributed by atoms with Crippen LogP contribution in [0.3, 0.4) is 0 Å². The molecule has 0 atom stereocenters. The minimum Gasteiger partial charge on any atom is -0.466 e. The van der Waals surface area contributed by atoms with Crippen molar-refractivity contribution in [1.82, 2.24) is 0 Å². The number of furan rings is 2. The fourth-order valence-electron chi connectivity index (χ4n) is 13.4. The van der Waals surface area contributed by atoms with Crippen molar-refractivity contribution < 1.29 is 8.83 Å². The van der Waals surface area contributed by atoms with Crippen LogP contribution in [0.25, 0.3) is 75.3 Å². The standard InChI is InChI=1S/C78H70BN3O2S/c1-75(2,3)49-23-31-53(32-24-49)80(54-33-25-50(26-34-54)76(4,5)6)57-39-41-68-59(43-57)60-44-62-64(46-69(60)85-68)82(56-37-29-52(30-38-56)78(10,11)12)79-71-65(45-61-58-20-16-17-21-66(58)83-73(61)70(62)71)81(55-35-27-51(28-36-55)77(7,8)9)72-63-42-48(47-18-14-13-15-19-47)22-40-67(63)84-74(72)79/h13-46H,1-12H3. The Morgan fingerprint density at radius 1 is 0.400 bits per heavy atom. The zero-order chi connectivity index (χ0) is 58.6. The van der Waals surface area contributed by atoms with Gasteiger partial charge in [-0.1, -0.05) is 186 Å². The molecule has 0 N–H and O–H groups in total. The first-order valence-electron chi connectivity index (χ1n) is 30.1. The van der Waals surface area contributed by atoms with E-state index in [4.69, 9.17) is 8.83 Å². The number of anilines is 8. The van der Waals surface area contributed by atoms with Crippen molar-refractivity contribution >= 4 is 128 Å². The van der Waals surface area contributed by atoms with Gasteiger partial charge in [0.25, 0.3) is 0 Å². The molecule has 0 amide bonds. The first-order valence-corrected chi connectivity index (χ1v) is 30.9. The van der Waals surface area contributed by atoms with Crippen molar-refractivity contribution in [3.63, 3.8) is 0 Å². The molecule has 0 fully saturated rings. The van der Waals surface area contributed by atoms with E-state index in [1.165, 1.54) is 42.4 Å². The van der Waals surface area contributed by atoms with E-state index < -0.39 is 0 Å². The van der Waals surface area contributed by atoms with Crippen molar-refractivity contribution in [1.29, 1.82) is 0 Å². The maximum absolute atomic E-state index is 7.55. The third-order valence-corrected chi connectivity index (χ3v) is 19.2. The molecule has 13 aromatic rings. The summed E-state index contributed by atoms with van der Waals surface area (Å²) < 4.78 is 17.3. The number of hydrogen-bond acceptors (Lipinski definition) is 6. The van der Waals surface area contributed by atoms with Crippen molar-refractivity contribution in [3.05, 3.63) is 229 Å². The maximum Gasteiger partial charge on any atom is 0.376 e. The van der Waals surface area contributed by atoms with Crippen LogP contribution in [0.15, 0.2) is 215 Å². The van der Waals surface area contributed by atoms with Gasteiger partial charge >= 0.3 is 6.85 Å². The van der Waals surface area contributed by atoms with Crippen molar-refractivity contribution in [2.45, 2.75) is 105 Å². The van der Waals surface area contributed by atoms with Crippen LogP contribution in [-0.4, -0.2) is 6.85 Å². The van der Waals surface area contributed by atoms with Crippen molar-refractivity contribution in [3.8, 4) is 22.3 Å². The van der Waals surface area contributed by atoms with Gasteiger partial charge < -0.3 is 23.4 Å². The third kappa shape index (κ3) is 8.63. The number of hydrogen-bond donors (Lipinski definition) is 0.